The van der Waals surface area contributed by atoms with E-state index in [0.717, 1.165) is 11.3 Å². The van der Waals surface area contributed by atoms with Crippen LogP contribution in [0.3, 0.4) is 0 Å². The van der Waals surface area contributed by atoms with Gasteiger partial charge in [-0.25, -0.2) is 0 Å². The molecule has 0 bridgehead atoms. The zero-order valence-electron chi connectivity index (χ0n) is 19.0. The third-order valence-corrected chi connectivity index (χ3v) is 5.54. The third kappa shape index (κ3) is 6.99. The molecule has 3 aromatic rings. The summed E-state index contributed by atoms with van der Waals surface area (Å²) in [5, 5.41) is 12.5. The number of hydrogen-bond donors (Lipinski definition) is 2. The number of aliphatic hydroxyl groups excluding tert-OH is 1. The molecule has 33 heavy (non-hydrogen) atoms. The highest BCUT2D eigenvalue weighted by molar-refractivity contribution is 6.02. The number of carbonyl (C=O) groups excluding carboxylic acids is 2. The van der Waals surface area contributed by atoms with Gasteiger partial charge in [0, 0.05) is 23.4 Å². The van der Waals surface area contributed by atoms with Crippen molar-refractivity contribution >= 4 is 23.1 Å². The van der Waals surface area contributed by atoms with E-state index in [4.69, 9.17) is 0 Å². The topological polar surface area (TPSA) is 74.2 Å². The molecule has 0 aliphatic carbocycles. The smallest absolute Gasteiger partial charge is 0.231 e. The van der Waals surface area contributed by atoms with Gasteiger partial charge in [0.2, 0.25) is 5.91 Å². The molecule has 0 saturated heterocycles. The Labute approximate surface area is 201 Å². The monoisotopic (exact) mass is 466 g/mol. The van der Waals surface area contributed by atoms with Gasteiger partial charge in [-0.3, -0.25) is 14.5 Å². The van der Waals surface area contributed by atoms with Gasteiger partial charge in [0.25, 0.3) is 0 Å². The molecular formula is C27H31ClN2O3. The minimum absolute atomic E-state index is 0. The summed E-state index contributed by atoms with van der Waals surface area (Å²) in [5.74, 6) is -0.0145. The molecule has 1 amide bonds. The number of para-hydroxylation sites is 1. The highest BCUT2D eigenvalue weighted by Crippen LogP contribution is 2.27. The van der Waals surface area contributed by atoms with Crippen LogP contribution >= 0.6 is 0 Å². The molecule has 3 N–H and O–H groups in total. The van der Waals surface area contributed by atoms with Crippen LogP contribution in [0, 0.1) is 0 Å². The number of nitrogens with zero attached hydrogens (tertiary/aromatic N) is 1. The number of carbonyl (C=O) groups is 2. The molecule has 0 saturated carbocycles. The second-order valence-electron chi connectivity index (χ2n) is 7.88. The summed E-state index contributed by atoms with van der Waals surface area (Å²) in [6, 6.07) is 26.2. The first-order chi connectivity index (χ1) is 15.5. The first-order valence-electron chi connectivity index (χ1n) is 11.1. The third-order valence-electron chi connectivity index (χ3n) is 5.54. The van der Waals surface area contributed by atoms with E-state index in [-0.39, 0.29) is 30.1 Å². The molecule has 0 fully saturated rings. The van der Waals surface area contributed by atoms with E-state index in [9.17, 15) is 14.7 Å². The summed E-state index contributed by atoms with van der Waals surface area (Å²) in [6.45, 7) is 4.36. The lowest BCUT2D eigenvalue weighted by molar-refractivity contribution is -0.693. The molecule has 6 heteroatoms. The number of anilines is 2. The zero-order valence-corrected chi connectivity index (χ0v) is 19.8. The van der Waals surface area contributed by atoms with E-state index in [1.807, 2.05) is 92.0 Å². The Balaban J connectivity index is 0.00000385. The van der Waals surface area contributed by atoms with Gasteiger partial charge in [0.1, 0.15) is 12.1 Å². The number of aliphatic hydroxyl groups is 1. The van der Waals surface area contributed by atoms with E-state index in [1.54, 1.807) is 17.0 Å². The highest BCUT2D eigenvalue weighted by atomic mass is 35.5. The summed E-state index contributed by atoms with van der Waals surface area (Å²) in [4.78, 5) is 27.1. The number of quaternary nitrogens is 1. The molecular weight excluding hydrogens is 436 g/mol. The Morgan fingerprint density at radius 3 is 2.15 bits per heavy atom. The van der Waals surface area contributed by atoms with Crippen LogP contribution < -0.4 is 22.6 Å². The van der Waals surface area contributed by atoms with Crippen molar-refractivity contribution in [2.45, 2.75) is 38.8 Å². The summed E-state index contributed by atoms with van der Waals surface area (Å²) < 4.78 is 0. The second kappa shape index (κ2) is 12.9. The predicted molar refractivity (Wildman–Crippen MR) is 127 cm³/mol. The van der Waals surface area contributed by atoms with Crippen molar-refractivity contribution < 1.29 is 32.4 Å². The fourth-order valence-corrected chi connectivity index (χ4v) is 3.70. The van der Waals surface area contributed by atoms with E-state index in [2.05, 4.69) is 0 Å². The van der Waals surface area contributed by atoms with Crippen LogP contribution in [0.5, 0.6) is 0 Å². The van der Waals surface area contributed by atoms with Gasteiger partial charge in [0.15, 0.2) is 5.78 Å². The van der Waals surface area contributed by atoms with Crippen molar-refractivity contribution in [3.8, 4) is 0 Å². The fourth-order valence-electron chi connectivity index (χ4n) is 3.70. The van der Waals surface area contributed by atoms with Crippen LogP contribution in [-0.2, 0) is 4.79 Å². The van der Waals surface area contributed by atoms with Crippen LogP contribution in [0.4, 0.5) is 11.4 Å². The first-order valence-corrected chi connectivity index (χ1v) is 11.1. The number of nitrogens with two attached hydrogens (primary N) is 1. The Kier molecular flexibility index (Phi) is 10.3. The number of hydrogen-bond acceptors (Lipinski definition) is 3. The van der Waals surface area contributed by atoms with Crippen molar-refractivity contribution in [2.24, 2.45) is 0 Å². The summed E-state index contributed by atoms with van der Waals surface area (Å²) >= 11 is 0. The molecule has 0 aliphatic rings. The number of benzene rings is 3. The van der Waals surface area contributed by atoms with Gasteiger partial charge >= 0.3 is 0 Å². The van der Waals surface area contributed by atoms with Crippen LogP contribution in [-0.4, -0.2) is 29.4 Å². The average Bonchev–Trinajstić information content (AvgIpc) is 2.84. The number of amides is 1. The number of ketones is 1. The molecule has 5 nitrogen and oxygen atoms in total. The number of Topliss-reactive ketones (excluding diaryl/α,β-unsaturated/α-hetero) is 1. The molecule has 0 radical (unpaired) electrons. The first kappa shape index (κ1) is 26.3. The van der Waals surface area contributed by atoms with Crippen molar-refractivity contribution in [3.05, 3.63) is 96.1 Å². The van der Waals surface area contributed by atoms with Gasteiger partial charge in [-0.05, 0) is 36.8 Å². The largest absolute Gasteiger partial charge is 1.00 e. The fraction of sp³-hybridized carbons (Fsp3) is 0.259. The van der Waals surface area contributed by atoms with Gasteiger partial charge in [-0.1, -0.05) is 67.6 Å². The van der Waals surface area contributed by atoms with E-state index < -0.39 is 6.10 Å². The van der Waals surface area contributed by atoms with Crippen molar-refractivity contribution in [2.75, 3.05) is 11.4 Å². The maximum absolute atomic E-state index is 12.8. The molecule has 0 heterocycles. The molecule has 174 valence electrons. The molecule has 3 aromatic carbocycles. The molecule has 0 aliphatic heterocycles. The maximum atomic E-state index is 12.8. The SMILES string of the molecule is CCC(=O)N(c1ccccc1)c1cccc(C(=O)CC[NH2+]C(C)C(O)c2ccccc2)c1.[Cl-]. The predicted octanol–water partition coefficient (Wildman–Crippen LogP) is 1.02. The minimum atomic E-state index is -0.589. The highest BCUT2D eigenvalue weighted by Gasteiger charge is 2.20. The molecule has 2 unspecified atom stereocenters. The quantitative estimate of drug-likeness (QED) is 0.438. The summed E-state index contributed by atoms with van der Waals surface area (Å²) in [5.41, 5.74) is 2.92. The molecule has 0 spiro atoms. The number of rotatable bonds is 10. The normalized spacial score (nSPS) is 12.3. The van der Waals surface area contributed by atoms with Crippen LogP contribution in [0.2, 0.25) is 0 Å². The van der Waals surface area contributed by atoms with Gasteiger partial charge < -0.3 is 22.8 Å². The molecule has 2 atom stereocenters. The Bertz CT molecular complexity index is 1030. The van der Waals surface area contributed by atoms with Crippen molar-refractivity contribution in [3.63, 3.8) is 0 Å². The minimum Gasteiger partial charge on any atom is -1.00 e. The van der Waals surface area contributed by atoms with Gasteiger partial charge in [-0.15, -0.1) is 0 Å². The van der Waals surface area contributed by atoms with Crippen LogP contribution in [0.15, 0.2) is 84.9 Å². The lowest BCUT2D eigenvalue weighted by atomic mass is 10.0. The molecule has 0 aromatic heterocycles. The van der Waals surface area contributed by atoms with Crippen molar-refractivity contribution in [1.82, 2.24) is 0 Å². The molecule has 3 rings (SSSR count). The van der Waals surface area contributed by atoms with E-state index in [0.29, 0.717) is 30.6 Å². The van der Waals surface area contributed by atoms with Gasteiger partial charge in [0.05, 0.1) is 13.0 Å². The maximum Gasteiger partial charge on any atom is 0.231 e. The average molecular weight is 467 g/mol. The Morgan fingerprint density at radius 1 is 0.909 bits per heavy atom. The summed E-state index contributed by atoms with van der Waals surface area (Å²) in [6.07, 6.45) is 0.126. The van der Waals surface area contributed by atoms with Crippen molar-refractivity contribution in [1.29, 1.82) is 0 Å². The zero-order chi connectivity index (χ0) is 22.9. The van der Waals surface area contributed by atoms with E-state index in [1.165, 1.54) is 0 Å². The van der Waals surface area contributed by atoms with Crippen LogP contribution in [0.25, 0.3) is 0 Å². The van der Waals surface area contributed by atoms with Crippen LogP contribution in [0.1, 0.15) is 48.7 Å². The van der Waals surface area contributed by atoms with Gasteiger partial charge in [-0.2, -0.15) is 0 Å². The lowest BCUT2D eigenvalue weighted by Gasteiger charge is -2.23. The Morgan fingerprint density at radius 2 is 1.52 bits per heavy atom. The standard InChI is InChI=1S/C27H30N2O3.ClH/c1-3-26(31)29(23-14-8-5-9-15-23)24-16-10-13-22(19-24)25(30)17-18-28-20(2)27(32)21-11-6-4-7-12-21;/h4-16,19-20,27-28,32H,3,17-18H2,1-2H3;1H. The lowest BCUT2D eigenvalue weighted by Crippen LogP contribution is -3.00. The second-order valence-corrected chi connectivity index (χ2v) is 7.88. The van der Waals surface area contributed by atoms with E-state index >= 15 is 0 Å². The summed E-state index contributed by atoms with van der Waals surface area (Å²) in [7, 11) is 0. The Hall–Kier alpha value is -2.99. The number of halogens is 1.